The number of aliphatic carboxylic acids is 1. The number of carboxylic acid groups (broad SMARTS) is 1. The average Bonchev–Trinajstić information content (AvgIpc) is 2.63. The number of carboxylic acids is 1. The largest absolute Gasteiger partial charge is 0.480 e. The lowest BCUT2D eigenvalue weighted by molar-refractivity contribution is -0.139. The standard InChI is InChI=1S/C21H25N3O3/c1-3-24(13-20(25)26)16-11-15(12-16)23-21(27)18-8-6-7-17(14(18)2)19-9-4-5-10-22-19/h4-10,15-16H,3,11-13H2,1-2H3,(H,23,27)(H,25,26). The zero-order valence-electron chi connectivity index (χ0n) is 15.7. The van der Waals surface area contributed by atoms with Gasteiger partial charge in [0, 0.05) is 29.4 Å². The fraction of sp³-hybridized carbons (Fsp3) is 0.381. The summed E-state index contributed by atoms with van der Waals surface area (Å²) in [6.45, 7) is 4.64. The Hall–Kier alpha value is -2.73. The van der Waals surface area contributed by atoms with Crippen LogP contribution in [0.4, 0.5) is 0 Å². The maximum atomic E-state index is 12.7. The summed E-state index contributed by atoms with van der Waals surface area (Å²) in [5, 5.41) is 12.1. The van der Waals surface area contributed by atoms with Crippen LogP contribution in [0, 0.1) is 6.92 Å². The van der Waals surface area contributed by atoms with Crippen molar-refractivity contribution in [1.29, 1.82) is 0 Å². The molecule has 1 fully saturated rings. The second-order valence-electron chi connectivity index (χ2n) is 6.95. The van der Waals surface area contributed by atoms with Crippen LogP contribution in [0.15, 0.2) is 42.6 Å². The Labute approximate surface area is 159 Å². The second kappa shape index (κ2) is 8.31. The van der Waals surface area contributed by atoms with Crippen molar-refractivity contribution >= 4 is 11.9 Å². The maximum Gasteiger partial charge on any atom is 0.317 e. The number of amides is 1. The molecular weight excluding hydrogens is 342 g/mol. The molecule has 0 unspecified atom stereocenters. The molecule has 0 saturated heterocycles. The van der Waals surface area contributed by atoms with Gasteiger partial charge in [-0.15, -0.1) is 0 Å². The molecule has 0 bridgehead atoms. The predicted octanol–water partition coefficient (Wildman–Crippen LogP) is 2.72. The van der Waals surface area contributed by atoms with Gasteiger partial charge in [-0.05, 0) is 50.1 Å². The van der Waals surface area contributed by atoms with E-state index in [0.29, 0.717) is 12.1 Å². The van der Waals surface area contributed by atoms with E-state index in [1.807, 2.05) is 55.1 Å². The summed E-state index contributed by atoms with van der Waals surface area (Å²) in [6, 6.07) is 11.7. The lowest BCUT2D eigenvalue weighted by Gasteiger charge is -2.42. The Balaban J connectivity index is 1.64. The summed E-state index contributed by atoms with van der Waals surface area (Å²) >= 11 is 0. The van der Waals surface area contributed by atoms with Gasteiger partial charge in [-0.3, -0.25) is 19.5 Å². The Morgan fingerprint density at radius 2 is 2.00 bits per heavy atom. The summed E-state index contributed by atoms with van der Waals surface area (Å²) in [7, 11) is 0. The van der Waals surface area contributed by atoms with E-state index in [9.17, 15) is 9.59 Å². The van der Waals surface area contributed by atoms with Gasteiger partial charge in [-0.1, -0.05) is 25.1 Å². The van der Waals surface area contributed by atoms with Crippen LogP contribution in [-0.2, 0) is 4.79 Å². The molecular formula is C21H25N3O3. The molecule has 1 aromatic heterocycles. The fourth-order valence-corrected chi connectivity index (χ4v) is 3.62. The van der Waals surface area contributed by atoms with E-state index in [0.717, 1.165) is 29.7 Å². The number of carbonyl (C=O) groups is 2. The molecule has 6 nitrogen and oxygen atoms in total. The first kappa shape index (κ1) is 19.0. The van der Waals surface area contributed by atoms with Crippen LogP contribution in [0.3, 0.4) is 0 Å². The van der Waals surface area contributed by atoms with Gasteiger partial charge in [-0.2, -0.15) is 0 Å². The summed E-state index contributed by atoms with van der Waals surface area (Å²) in [5.41, 5.74) is 3.36. The number of aromatic nitrogens is 1. The topological polar surface area (TPSA) is 82.5 Å². The lowest BCUT2D eigenvalue weighted by atomic mass is 9.85. The van der Waals surface area contributed by atoms with Crippen LogP contribution in [0.1, 0.15) is 35.7 Å². The van der Waals surface area contributed by atoms with Gasteiger partial charge in [0.2, 0.25) is 0 Å². The third-order valence-electron chi connectivity index (χ3n) is 5.23. The average molecular weight is 367 g/mol. The first-order valence-corrected chi connectivity index (χ1v) is 9.27. The lowest BCUT2D eigenvalue weighted by Crippen LogP contribution is -2.54. The van der Waals surface area contributed by atoms with Crippen molar-refractivity contribution < 1.29 is 14.7 Å². The van der Waals surface area contributed by atoms with E-state index in [1.165, 1.54) is 0 Å². The van der Waals surface area contributed by atoms with Crippen molar-refractivity contribution in [1.82, 2.24) is 15.2 Å². The van der Waals surface area contributed by atoms with E-state index in [4.69, 9.17) is 5.11 Å². The number of benzene rings is 1. The van der Waals surface area contributed by atoms with Crippen LogP contribution in [0.25, 0.3) is 11.3 Å². The van der Waals surface area contributed by atoms with Crippen molar-refractivity contribution in [2.45, 2.75) is 38.8 Å². The SMILES string of the molecule is CCN(CC(=O)O)C1CC(NC(=O)c2cccc(-c3ccccn3)c2C)C1. The van der Waals surface area contributed by atoms with Gasteiger partial charge < -0.3 is 10.4 Å². The van der Waals surface area contributed by atoms with E-state index < -0.39 is 5.97 Å². The van der Waals surface area contributed by atoms with E-state index >= 15 is 0 Å². The molecule has 0 spiro atoms. The Morgan fingerprint density at radius 3 is 2.63 bits per heavy atom. The van der Waals surface area contributed by atoms with E-state index in [-0.39, 0.29) is 24.5 Å². The van der Waals surface area contributed by atoms with Gasteiger partial charge in [0.05, 0.1) is 12.2 Å². The highest BCUT2D eigenvalue weighted by molar-refractivity contribution is 5.97. The number of likely N-dealkylation sites (N-methyl/N-ethyl adjacent to an activating group) is 1. The molecule has 3 rings (SSSR count). The fourth-order valence-electron chi connectivity index (χ4n) is 3.62. The van der Waals surface area contributed by atoms with Crippen molar-refractivity contribution in [3.63, 3.8) is 0 Å². The monoisotopic (exact) mass is 367 g/mol. The highest BCUT2D eigenvalue weighted by Gasteiger charge is 2.35. The zero-order chi connectivity index (χ0) is 19.4. The molecule has 1 heterocycles. The van der Waals surface area contributed by atoms with Gasteiger partial charge >= 0.3 is 5.97 Å². The number of carbonyl (C=O) groups excluding carboxylic acids is 1. The molecule has 6 heteroatoms. The number of hydrogen-bond donors (Lipinski definition) is 2. The number of pyridine rings is 1. The van der Waals surface area contributed by atoms with Crippen LogP contribution >= 0.6 is 0 Å². The smallest absolute Gasteiger partial charge is 0.317 e. The number of hydrogen-bond acceptors (Lipinski definition) is 4. The van der Waals surface area contributed by atoms with Crippen LogP contribution in [-0.4, -0.2) is 52.0 Å². The molecule has 142 valence electrons. The molecule has 1 aromatic carbocycles. The molecule has 27 heavy (non-hydrogen) atoms. The van der Waals surface area contributed by atoms with Crippen molar-refractivity contribution in [3.8, 4) is 11.3 Å². The van der Waals surface area contributed by atoms with E-state index in [2.05, 4.69) is 10.3 Å². The Kier molecular flexibility index (Phi) is 5.86. The predicted molar refractivity (Wildman–Crippen MR) is 104 cm³/mol. The minimum atomic E-state index is -0.814. The summed E-state index contributed by atoms with van der Waals surface area (Å²) in [4.78, 5) is 30.0. The molecule has 1 aliphatic rings. The summed E-state index contributed by atoms with van der Waals surface area (Å²) in [5.74, 6) is -0.902. The highest BCUT2D eigenvalue weighted by Crippen LogP contribution is 2.27. The van der Waals surface area contributed by atoms with Crippen LogP contribution in [0.2, 0.25) is 0 Å². The Bertz CT molecular complexity index is 817. The molecule has 2 aromatic rings. The van der Waals surface area contributed by atoms with Gasteiger partial charge in [0.15, 0.2) is 0 Å². The molecule has 0 radical (unpaired) electrons. The maximum absolute atomic E-state index is 12.7. The highest BCUT2D eigenvalue weighted by atomic mass is 16.4. The van der Waals surface area contributed by atoms with Gasteiger partial charge in [-0.25, -0.2) is 0 Å². The minimum Gasteiger partial charge on any atom is -0.480 e. The van der Waals surface area contributed by atoms with Crippen LogP contribution < -0.4 is 5.32 Å². The van der Waals surface area contributed by atoms with Gasteiger partial charge in [0.25, 0.3) is 5.91 Å². The first-order valence-electron chi connectivity index (χ1n) is 9.27. The van der Waals surface area contributed by atoms with Crippen molar-refractivity contribution in [3.05, 3.63) is 53.7 Å². The third-order valence-corrected chi connectivity index (χ3v) is 5.23. The van der Waals surface area contributed by atoms with E-state index in [1.54, 1.807) is 6.20 Å². The molecule has 0 aliphatic heterocycles. The van der Waals surface area contributed by atoms with Crippen molar-refractivity contribution in [2.75, 3.05) is 13.1 Å². The summed E-state index contributed by atoms with van der Waals surface area (Å²) in [6.07, 6.45) is 3.31. The molecule has 1 amide bonds. The number of rotatable bonds is 7. The summed E-state index contributed by atoms with van der Waals surface area (Å²) < 4.78 is 0. The Morgan fingerprint density at radius 1 is 1.22 bits per heavy atom. The number of nitrogens with one attached hydrogen (secondary N) is 1. The minimum absolute atomic E-state index is 0.0487. The normalized spacial score (nSPS) is 18.8. The molecule has 2 N–H and O–H groups in total. The van der Waals surface area contributed by atoms with Gasteiger partial charge in [0.1, 0.15) is 0 Å². The first-order chi connectivity index (χ1) is 13.0. The van der Waals surface area contributed by atoms with Crippen LogP contribution in [0.5, 0.6) is 0 Å². The molecule has 1 aliphatic carbocycles. The molecule has 1 saturated carbocycles. The molecule has 0 atom stereocenters. The second-order valence-corrected chi connectivity index (χ2v) is 6.95. The third kappa shape index (κ3) is 4.34. The zero-order valence-corrected chi connectivity index (χ0v) is 15.7. The van der Waals surface area contributed by atoms with Crippen molar-refractivity contribution in [2.24, 2.45) is 0 Å². The quantitative estimate of drug-likeness (QED) is 0.786. The number of nitrogens with zero attached hydrogens (tertiary/aromatic N) is 2.